The Hall–Kier alpha value is -0.900. The molecule has 1 fully saturated rings. The van der Waals surface area contributed by atoms with Crippen molar-refractivity contribution in [3.8, 4) is 0 Å². The van der Waals surface area contributed by atoms with Gasteiger partial charge in [0, 0.05) is 25.7 Å². The Kier molecular flexibility index (Phi) is 5.17. The Morgan fingerprint density at radius 3 is 2.39 bits per heavy atom. The van der Waals surface area contributed by atoms with Crippen molar-refractivity contribution < 1.29 is 4.74 Å². The van der Waals surface area contributed by atoms with Crippen molar-refractivity contribution in [1.82, 2.24) is 4.90 Å². The molecule has 1 aliphatic rings. The molecular weight excluding hydrogens is 224 g/mol. The van der Waals surface area contributed by atoms with Crippen LogP contribution >= 0.6 is 0 Å². The smallest absolute Gasteiger partial charge is 0.0594 e. The highest BCUT2D eigenvalue weighted by molar-refractivity contribution is 5.23. The number of rotatable bonds is 5. The summed E-state index contributed by atoms with van der Waals surface area (Å²) in [7, 11) is 0. The molecule has 0 saturated carbocycles. The molecule has 18 heavy (non-hydrogen) atoms. The van der Waals surface area contributed by atoms with E-state index in [1.807, 2.05) is 6.92 Å². The largest absolute Gasteiger partial charge is 0.379 e. The van der Waals surface area contributed by atoms with E-state index in [9.17, 15) is 0 Å². The SMILES string of the molecule is CC(N)Cc1ccc(CCN2CCOCC2)cc1. The van der Waals surface area contributed by atoms with E-state index < -0.39 is 0 Å². The van der Waals surface area contributed by atoms with E-state index >= 15 is 0 Å². The number of hydrogen-bond acceptors (Lipinski definition) is 3. The summed E-state index contributed by atoms with van der Waals surface area (Å²) >= 11 is 0. The van der Waals surface area contributed by atoms with Crippen molar-refractivity contribution in [1.29, 1.82) is 0 Å². The summed E-state index contributed by atoms with van der Waals surface area (Å²) in [4.78, 5) is 2.47. The summed E-state index contributed by atoms with van der Waals surface area (Å²) < 4.78 is 5.35. The molecule has 2 rings (SSSR count). The standard InChI is InChI=1S/C15H24N2O/c1-13(16)12-15-4-2-14(3-5-15)6-7-17-8-10-18-11-9-17/h2-5,13H,6-12,16H2,1H3. The second-order valence-electron chi connectivity index (χ2n) is 5.20. The molecule has 1 atom stereocenters. The van der Waals surface area contributed by atoms with Gasteiger partial charge in [0.1, 0.15) is 0 Å². The number of benzene rings is 1. The summed E-state index contributed by atoms with van der Waals surface area (Å²) in [6, 6.07) is 9.12. The van der Waals surface area contributed by atoms with E-state index in [0.29, 0.717) is 0 Å². The van der Waals surface area contributed by atoms with Gasteiger partial charge in [-0.05, 0) is 30.9 Å². The fourth-order valence-electron chi connectivity index (χ4n) is 2.33. The predicted molar refractivity (Wildman–Crippen MR) is 74.8 cm³/mol. The van der Waals surface area contributed by atoms with Crippen LogP contribution in [0.15, 0.2) is 24.3 Å². The molecule has 1 aromatic rings. The van der Waals surface area contributed by atoms with Crippen LogP contribution in [0.3, 0.4) is 0 Å². The van der Waals surface area contributed by atoms with Crippen LogP contribution < -0.4 is 5.73 Å². The first-order valence-corrected chi connectivity index (χ1v) is 6.87. The van der Waals surface area contributed by atoms with E-state index in [1.54, 1.807) is 0 Å². The van der Waals surface area contributed by atoms with Crippen LogP contribution in [0.1, 0.15) is 18.1 Å². The monoisotopic (exact) mass is 248 g/mol. The van der Waals surface area contributed by atoms with Gasteiger partial charge in [0.15, 0.2) is 0 Å². The number of hydrogen-bond donors (Lipinski definition) is 1. The van der Waals surface area contributed by atoms with Gasteiger partial charge in [-0.2, -0.15) is 0 Å². The molecule has 0 aromatic heterocycles. The summed E-state index contributed by atoms with van der Waals surface area (Å²) in [5, 5.41) is 0. The molecule has 1 heterocycles. The first kappa shape index (κ1) is 13.5. The van der Waals surface area contributed by atoms with Crippen molar-refractivity contribution in [2.24, 2.45) is 5.73 Å². The maximum atomic E-state index is 5.80. The lowest BCUT2D eigenvalue weighted by Crippen LogP contribution is -2.37. The zero-order valence-corrected chi connectivity index (χ0v) is 11.3. The van der Waals surface area contributed by atoms with E-state index in [2.05, 4.69) is 29.2 Å². The van der Waals surface area contributed by atoms with Crippen LogP contribution in [0.25, 0.3) is 0 Å². The molecule has 3 heteroatoms. The van der Waals surface area contributed by atoms with Crippen LogP contribution in [0.5, 0.6) is 0 Å². The molecule has 1 aromatic carbocycles. The van der Waals surface area contributed by atoms with Crippen LogP contribution in [0.2, 0.25) is 0 Å². The summed E-state index contributed by atoms with van der Waals surface area (Å²) in [5.74, 6) is 0. The normalized spacial score (nSPS) is 18.8. The molecule has 1 unspecified atom stereocenters. The number of morpholine rings is 1. The Morgan fingerprint density at radius 1 is 1.17 bits per heavy atom. The molecule has 2 N–H and O–H groups in total. The number of nitrogens with zero attached hydrogens (tertiary/aromatic N) is 1. The van der Waals surface area contributed by atoms with Gasteiger partial charge >= 0.3 is 0 Å². The van der Waals surface area contributed by atoms with Gasteiger partial charge < -0.3 is 10.5 Å². The lowest BCUT2D eigenvalue weighted by Gasteiger charge is -2.26. The number of ether oxygens (including phenoxy) is 1. The lowest BCUT2D eigenvalue weighted by molar-refractivity contribution is 0.0384. The van der Waals surface area contributed by atoms with Gasteiger partial charge in [-0.1, -0.05) is 24.3 Å². The third kappa shape index (κ3) is 4.41. The molecular formula is C15H24N2O. The van der Waals surface area contributed by atoms with E-state index in [0.717, 1.165) is 45.7 Å². The molecule has 3 nitrogen and oxygen atoms in total. The van der Waals surface area contributed by atoms with Gasteiger partial charge in [0.05, 0.1) is 13.2 Å². The fourth-order valence-corrected chi connectivity index (χ4v) is 2.33. The Bertz CT molecular complexity index is 342. The van der Waals surface area contributed by atoms with Crippen molar-refractivity contribution in [3.63, 3.8) is 0 Å². The van der Waals surface area contributed by atoms with Gasteiger partial charge in [-0.3, -0.25) is 4.90 Å². The van der Waals surface area contributed by atoms with Crippen LogP contribution in [0, 0.1) is 0 Å². The molecule has 0 aliphatic carbocycles. The van der Waals surface area contributed by atoms with Gasteiger partial charge in [0.2, 0.25) is 0 Å². The molecule has 1 aliphatic heterocycles. The second kappa shape index (κ2) is 6.88. The maximum Gasteiger partial charge on any atom is 0.0594 e. The van der Waals surface area contributed by atoms with E-state index in [1.165, 1.54) is 11.1 Å². The minimum Gasteiger partial charge on any atom is -0.379 e. The minimum atomic E-state index is 0.240. The van der Waals surface area contributed by atoms with Crippen molar-refractivity contribution in [3.05, 3.63) is 35.4 Å². The highest BCUT2D eigenvalue weighted by atomic mass is 16.5. The second-order valence-corrected chi connectivity index (χ2v) is 5.20. The Labute approximate surface area is 110 Å². The lowest BCUT2D eigenvalue weighted by atomic mass is 10.0. The highest BCUT2D eigenvalue weighted by Crippen LogP contribution is 2.08. The molecule has 0 bridgehead atoms. The zero-order chi connectivity index (χ0) is 12.8. The fraction of sp³-hybridized carbons (Fsp3) is 0.600. The Balaban J connectivity index is 1.78. The topological polar surface area (TPSA) is 38.5 Å². The predicted octanol–water partition coefficient (Wildman–Crippen LogP) is 1.45. The maximum absolute atomic E-state index is 5.80. The van der Waals surface area contributed by atoms with Crippen molar-refractivity contribution in [2.75, 3.05) is 32.8 Å². The number of nitrogens with two attached hydrogens (primary N) is 1. The molecule has 1 saturated heterocycles. The summed E-state index contributed by atoms with van der Waals surface area (Å²) in [6.45, 7) is 7.09. The Morgan fingerprint density at radius 2 is 1.78 bits per heavy atom. The third-order valence-corrected chi connectivity index (χ3v) is 3.40. The van der Waals surface area contributed by atoms with Gasteiger partial charge in [0.25, 0.3) is 0 Å². The van der Waals surface area contributed by atoms with Crippen molar-refractivity contribution >= 4 is 0 Å². The molecule has 0 amide bonds. The van der Waals surface area contributed by atoms with Gasteiger partial charge in [-0.15, -0.1) is 0 Å². The summed E-state index contributed by atoms with van der Waals surface area (Å²) in [6.07, 6.45) is 2.09. The minimum absolute atomic E-state index is 0.240. The van der Waals surface area contributed by atoms with E-state index in [-0.39, 0.29) is 6.04 Å². The highest BCUT2D eigenvalue weighted by Gasteiger charge is 2.09. The molecule has 0 spiro atoms. The van der Waals surface area contributed by atoms with Crippen LogP contribution in [-0.2, 0) is 17.6 Å². The van der Waals surface area contributed by atoms with E-state index in [4.69, 9.17) is 10.5 Å². The molecule has 0 radical (unpaired) electrons. The van der Waals surface area contributed by atoms with Crippen LogP contribution in [0.4, 0.5) is 0 Å². The summed E-state index contributed by atoms with van der Waals surface area (Å²) in [5.41, 5.74) is 8.55. The average Bonchev–Trinajstić information content (AvgIpc) is 2.38. The average molecular weight is 248 g/mol. The first-order valence-electron chi connectivity index (χ1n) is 6.87. The van der Waals surface area contributed by atoms with Gasteiger partial charge in [-0.25, -0.2) is 0 Å². The van der Waals surface area contributed by atoms with Crippen molar-refractivity contribution in [2.45, 2.75) is 25.8 Å². The zero-order valence-electron chi connectivity index (χ0n) is 11.3. The first-order chi connectivity index (χ1) is 8.74. The third-order valence-electron chi connectivity index (χ3n) is 3.40. The van der Waals surface area contributed by atoms with Crippen LogP contribution in [-0.4, -0.2) is 43.8 Å². The molecule has 100 valence electrons. The quantitative estimate of drug-likeness (QED) is 0.857.